The monoisotopic (exact) mass is 532 g/mol. The highest BCUT2D eigenvalue weighted by Gasteiger charge is 2.13. The van der Waals surface area contributed by atoms with Crippen molar-refractivity contribution in [2.45, 2.75) is 6.92 Å². The fraction of sp³-hybridized carbons (Fsp3) is 0.958. The highest BCUT2D eigenvalue weighted by Crippen LogP contribution is 1.97. The summed E-state index contributed by atoms with van der Waals surface area (Å²) in [6, 6.07) is 0. The molecule has 0 spiro atoms. The van der Waals surface area contributed by atoms with Crippen LogP contribution >= 0.6 is 0 Å². The van der Waals surface area contributed by atoms with Crippen LogP contribution in [0.4, 0.5) is 0 Å². The normalized spacial score (nSPS) is 11.9. The zero-order valence-corrected chi connectivity index (χ0v) is 23.9. The molecule has 0 bridgehead atoms. The van der Waals surface area contributed by atoms with Crippen LogP contribution in [0.5, 0.6) is 0 Å². The van der Waals surface area contributed by atoms with Gasteiger partial charge in [-0.3, -0.25) is 25.0 Å². The average molecular weight is 532 g/mol. The van der Waals surface area contributed by atoms with Crippen LogP contribution in [-0.4, -0.2) is 170 Å². The summed E-state index contributed by atoms with van der Waals surface area (Å²) >= 11 is 0. The predicted molar refractivity (Wildman–Crippen MR) is 158 cm³/mol. The highest BCUT2D eigenvalue weighted by atomic mass is 15.3. The molecule has 37 heavy (non-hydrogen) atoms. The predicted octanol–water partition coefficient (Wildman–Crippen LogP) is -4.03. The van der Waals surface area contributed by atoms with E-state index in [0.717, 1.165) is 111 Å². The number of nitrogens with one attached hydrogen (secondary N) is 5. The zero-order valence-electron chi connectivity index (χ0n) is 23.9. The molecule has 0 aromatic carbocycles. The average Bonchev–Trinajstić information content (AvgIpc) is 2.88. The molecule has 0 heterocycles. The third-order valence-corrected chi connectivity index (χ3v) is 6.29. The van der Waals surface area contributed by atoms with E-state index in [4.69, 9.17) is 28.3 Å². The van der Waals surface area contributed by atoms with E-state index < -0.39 is 0 Å². The Morgan fingerprint density at radius 1 is 0.568 bits per heavy atom. The lowest BCUT2D eigenvalue weighted by Crippen LogP contribution is -2.47. The fourth-order valence-corrected chi connectivity index (χ4v) is 4.05. The van der Waals surface area contributed by atoms with E-state index in [2.05, 4.69) is 47.8 Å². The van der Waals surface area contributed by atoms with E-state index in [1.54, 1.807) is 0 Å². The molecular formula is C24H61N13. The minimum absolute atomic E-state index is 0.0175. The van der Waals surface area contributed by atoms with Gasteiger partial charge in [0, 0.05) is 131 Å². The molecule has 0 aromatic rings. The second-order valence-corrected chi connectivity index (χ2v) is 9.28. The van der Waals surface area contributed by atoms with Crippen molar-refractivity contribution in [3.05, 3.63) is 0 Å². The lowest BCUT2D eigenvalue weighted by atomic mass is 10.3. The van der Waals surface area contributed by atoms with Crippen LogP contribution in [0, 0.1) is 5.41 Å². The van der Waals surface area contributed by atoms with Crippen LogP contribution < -0.4 is 44.2 Å². The van der Waals surface area contributed by atoms with Crippen molar-refractivity contribution >= 4 is 5.96 Å². The second kappa shape index (κ2) is 26.5. The minimum Gasteiger partial charge on any atom is -0.370 e. The van der Waals surface area contributed by atoms with Gasteiger partial charge in [0.1, 0.15) is 0 Å². The van der Waals surface area contributed by atoms with Gasteiger partial charge in [-0.2, -0.15) is 0 Å². The molecule has 0 saturated heterocycles. The number of hydrogen-bond acceptors (Lipinski definition) is 11. The third-order valence-electron chi connectivity index (χ3n) is 6.29. The van der Waals surface area contributed by atoms with E-state index in [0.29, 0.717) is 26.2 Å². The smallest absolute Gasteiger partial charge is 0.185 e. The summed E-state index contributed by atoms with van der Waals surface area (Å²) in [6.07, 6.45) is 0. The molecule has 0 aliphatic carbocycles. The number of guanidine groups is 1. The van der Waals surface area contributed by atoms with Crippen molar-refractivity contribution in [1.29, 1.82) is 5.41 Å². The van der Waals surface area contributed by atoms with Crippen LogP contribution in [0.25, 0.3) is 0 Å². The molecule has 13 nitrogen and oxygen atoms in total. The lowest BCUT2D eigenvalue weighted by molar-refractivity contribution is 0.164. The van der Waals surface area contributed by atoms with E-state index in [9.17, 15) is 0 Å². The Labute approximate surface area is 226 Å². The Hall–Kier alpha value is -1.13. The Bertz CT molecular complexity index is 497. The third kappa shape index (κ3) is 22.6. The lowest BCUT2D eigenvalue weighted by Gasteiger charge is -2.31. The van der Waals surface area contributed by atoms with Gasteiger partial charge in [-0.25, -0.2) is 0 Å². The summed E-state index contributed by atoms with van der Waals surface area (Å²) in [5, 5.41) is 20.5. The Balaban J connectivity index is 5.03. The SMILES string of the molecule is CCNCCN(CCN)CCN(CCNCCN)CCN(CCNC(=N)N)CCN(CCN)CCNC. The quantitative estimate of drug-likeness (QED) is 0.0270. The maximum Gasteiger partial charge on any atom is 0.185 e. The Kier molecular flexibility index (Phi) is 25.7. The maximum atomic E-state index is 7.49. The van der Waals surface area contributed by atoms with E-state index in [1.165, 1.54) is 0 Å². The second-order valence-electron chi connectivity index (χ2n) is 9.28. The van der Waals surface area contributed by atoms with Gasteiger partial charge in [0.15, 0.2) is 5.96 Å². The summed E-state index contributed by atoms with van der Waals surface area (Å²) in [6.45, 7) is 20.9. The first-order valence-electron chi connectivity index (χ1n) is 14.1. The van der Waals surface area contributed by atoms with E-state index in [1.807, 2.05) is 7.05 Å². The van der Waals surface area contributed by atoms with Crippen molar-refractivity contribution in [2.75, 3.05) is 144 Å². The molecule has 13 N–H and O–H groups in total. The van der Waals surface area contributed by atoms with E-state index in [-0.39, 0.29) is 5.96 Å². The number of hydrogen-bond donors (Lipinski definition) is 9. The molecule has 0 radical (unpaired) electrons. The first kappa shape index (κ1) is 35.9. The molecule has 0 amide bonds. The molecule has 0 saturated carbocycles. The topological polar surface area (TPSA) is 189 Å². The largest absolute Gasteiger partial charge is 0.370 e. The number of nitrogens with two attached hydrogens (primary N) is 4. The first-order valence-corrected chi connectivity index (χ1v) is 14.1. The number of likely N-dealkylation sites (N-methyl/N-ethyl adjacent to an activating group) is 2. The molecule has 13 heteroatoms. The van der Waals surface area contributed by atoms with Crippen molar-refractivity contribution in [1.82, 2.24) is 40.9 Å². The summed E-state index contributed by atoms with van der Waals surface area (Å²) in [4.78, 5) is 9.85. The molecule has 222 valence electrons. The first-order chi connectivity index (χ1) is 18.0. The standard InChI is InChI=1S/C24H61N13/c1-3-31-9-15-35(13-6-27)19-20-36(16-10-32-7-4-25)22-23-37(17-11-33-24(28)29)21-18-34(12-5-26)14-8-30-2/h30-32H,3-23,25-27H2,1-2H3,(H4,28,29,33). The molecule has 0 aromatic heterocycles. The summed E-state index contributed by atoms with van der Waals surface area (Å²) < 4.78 is 0. The molecule has 0 aliphatic rings. The van der Waals surface area contributed by atoms with Crippen LogP contribution in [-0.2, 0) is 0 Å². The molecule has 0 fully saturated rings. The van der Waals surface area contributed by atoms with Crippen LogP contribution in [0.1, 0.15) is 6.92 Å². The van der Waals surface area contributed by atoms with Gasteiger partial charge in [-0.15, -0.1) is 0 Å². The highest BCUT2D eigenvalue weighted by molar-refractivity contribution is 5.74. The van der Waals surface area contributed by atoms with Crippen LogP contribution in [0.15, 0.2) is 0 Å². The summed E-state index contributed by atoms with van der Waals surface area (Å²) in [5.74, 6) is 0.0175. The minimum atomic E-state index is 0.0175. The van der Waals surface area contributed by atoms with Crippen molar-refractivity contribution in [2.24, 2.45) is 22.9 Å². The molecule has 0 atom stereocenters. The fourth-order valence-electron chi connectivity index (χ4n) is 4.05. The van der Waals surface area contributed by atoms with Gasteiger partial charge >= 0.3 is 0 Å². The van der Waals surface area contributed by atoms with Crippen LogP contribution in [0.2, 0.25) is 0 Å². The maximum absolute atomic E-state index is 7.49. The van der Waals surface area contributed by atoms with Gasteiger partial charge in [0.25, 0.3) is 0 Å². The summed E-state index contributed by atoms with van der Waals surface area (Å²) in [5.41, 5.74) is 22.9. The number of rotatable bonds is 28. The molecule has 0 aliphatic heterocycles. The zero-order chi connectivity index (χ0) is 27.6. The van der Waals surface area contributed by atoms with Gasteiger partial charge in [-0.05, 0) is 13.6 Å². The number of nitrogens with zero attached hydrogens (tertiary/aromatic N) is 4. The molecule has 0 rings (SSSR count). The van der Waals surface area contributed by atoms with Gasteiger partial charge < -0.3 is 44.2 Å². The van der Waals surface area contributed by atoms with Crippen LogP contribution in [0.3, 0.4) is 0 Å². The van der Waals surface area contributed by atoms with Gasteiger partial charge in [0.2, 0.25) is 0 Å². The van der Waals surface area contributed by atoms with Gasteiger partial charge in [-0.1, -0.05) is 6.92 Å². The van der Waals surface area contributed by atoms with Crippen molar-refractivity contribution in [3.8, 4) is 0 Å². The van der Waals surface area contributed by atoms with E-state index >= 15 is 0 Å². The summed E-state index contributed by atoms with van der Waals surface area (Å²) in [7, 11) is 1.98. The van der Waals surface area contributed by atoms with Gasteiger partial charge in [0.05, 0.1) is 0 Å². The Morgan fingerprint density at radius 2 is 1.00 bits per heavy atom. The molecule has 0 unspecified atom stereocenters. The Morgan fingerprint density at radius 3 is 1.41 bits per heavy atom. The van der Waals surface area contributed by atoms with Crippen molar-refractivity contribution < 1.29 is 0 Å². The molecular weight excluding hydrogens is 470 g/mol. The van der Waals surface area contributed by atoms with Crippen molar-refractivity contribution in [3.63, 3.8) is 0 Å².